The highest BCUT2D eigenvalue weighted by Crippen LogP contribution is 2.66. The van der Waals surface area contributed by atoms with E-state index < -0.39 is 51.1 Å². The molecule has 2 aliphatic heterocycles. The van der Waals surface area contributed by atoms with E-state index in [0.717, 1.165) is 16.0 Å². The summed E-state index contributed by atoms with van der Waals surface area (Å²) in [6.45, 7) is 0. The van der Waals surface area contributed by atoms with Crippen molar-refractivity contribution in [1.29, 1.82) is 0 Å². The minimum atomic E-state index is -2.01. The molecule has 1 saturated carbocycles. The molecule has 50 heavy (non-hydrogen) atoms. The number of nitrogens with zero attached hydrogens (tertiary/aromatic N) is 2. The Bertz CT molecular complexity index is 2010. The first-order chi connectivity index (χ1) is 23.9. The predicted octanol–water partition coefficient (Wildman–Crippen LogP) is 5.78. The summed E-state index contributed by atoms with van der Waals surface area (Å²) >= 11 is 14.5. The van der Waals surface area contributed by atoms with Crippen LogP contribution in [0.5, 0.6) is 23.0 Å². The van der Waals surface area contributed by atoms with E-state index in [0.29, 0.717) is 22.8 Å². The number of para-hydroxylation sites is 1. The molecule has 4 aliphatic rings. The number of aromatic hydroxyl groups is 1. The molecule has 2 saturated heterocycles. The summed E-state index contributed by atoms with van der Waals surface area (Å²) in [6, 6.07) is 17.3. The van der Waals surface area contributed by atoms with Gasteiger partial charge in [-0.3, -0.25) is 29.0 Å². The van der Waals surface area contributed by atoms with Crippen LogP contribution in [0.15, 0.2) is 72.3 Å². The average Bonchev–Trinajstić information content (AvgIpc) is 3.45. The Labute approximate surface area is 298 Å². The predicted molar refractivity (Wildman–Crippen MR) is 188 cm³/mol. The molecule has 4 amide bonds. The number of phenolic OH excluding ortho intramolecular Hbond substituents is 1. The van der Waals surface area contributed by atoms with Gasteiger partial charge in [-0.2, -0.15) is 0 Å². The number of carbonyl (C=O) groups is 4. The van der Waals surface area contributed by atoms with Gasteiger partial charge >= 0.3 is 0 Å². The molecule has 3 aromatic rings. The number of methoxy groups -OCH3 is 3. The topological polar surface area (TPSA) is 123 Å². The van der Waals surface area contributed by atoms with E-state index in [1.165, 1.54) is 19.1 Å². The number of anilines is 1. The van der Waals surface area contributed by atoms with Gasteiger partial charge in [0.05, 0.1) is 38.9 Å². The van der Waals surface area contributed by atoms with E-state index in [2.05, 4.69) is 0 Å². The van der Waals surface area contributed by atoms with Crippen LogP contribution in [-0.4, -0.2) is 71.8 Å². The monoisotopic (exact) mass is 716 g/mol. The van der Waals surface area contributed by atoms with Gasteiger partial charge in [-0.15, -0.1) is 23.2 Å². The quantitative estimate of drug-likeness (QED) is 0.141. The van der Waals surface area contributed by atoms with Gasteiger partial charge < -0.3 is 19.3 Å². The van der Waals surface area contributed by atoms with Crippen LogP contribution in [0.3, 0.4) is 0 Å². The number of hydrogen-bond donors (Lipinski definition) is 1. The number of amides is 4. The molecule has 6 atom stereocenters. The second kappa shape index (κ2) is 12.2. The number of fused-ring (bicyclic) bond motifs is 4. The van der Waals surface area contributed by atoms with Gasteiger partial charge in [-0.05, 0) is 60.7 Å². The van der Waals surface area contributed by atoms with E-state index in [4.69, 9.17) is 37.4 Å². The molecule has 1 N–H and O–H groups in total. The maximum atomic E-state index is 14.4. The zero-order valence-electron chi connectivity index (χ0n) is 27.7. The Kier molecular flexibility index (Phi) is 8.22. The molecule has 7 rings (SSSR count). The number of ether oxygens (including phenoxy) is 3. The van der Waals surface area contributed by atoms with Crippen LogP contribution in [0.1, 0.15) is 35.4 Å². The number of allylic oxidation sites excluding steroid dienone is 2. The normalized spacial score (nSPS) is 28.8. The molecule has 3 aromatic carbocycles. The van der Waals surface area contributed by atoms with Crippen molar-refractivity contribution in [3.63, 3.8) is 0 Å². The molecule has 0 bridgehead atoms. The van der Waals surface area contributed by atoms with E-state index in [-0.39, 0.29) is 35.8 Å². The highest BCUT2D eigenvalue weighted by molar-refractivity contribution is 6.53. The second-order valence-electron chi connectivity index (χ2n) is 12.9. The number of carbonyl (C=O) groups excluding carboxylic acids is 4. The number of likely N-dealkylation sites (tertiary alicyclic amines) is 1. The summed E-state index contributed by atoms with van der Waals surface area (Å²) in [7, 11) is 5.89. The summed E-state index contributed by atoms with van der Waals surface area (Å²) in [5, 5.41) is 11.3. The van der Waals surface area contributed by atoms with Crippen molar-refractivity contribution >= 4 is 64.7 Å². The Morgan fingerprint density at radius 1 is 0.840 bits per heavy atom. The SMILES string of the molecule is COc1ccc(OC)c(C=Cc2ccc(N3C(=O)[C@H]4[C@H](CC=C5[C@H]4C[C@@]4(Cl)C(=O)N(C)C(=O)[C@@]4(Cl)[C@H]5c4cccc(OC)c4O)C3=O)cc2)c1. The van der Waals surface area contributed by atoms with Crippen LogP contribution < -0.4 is 19.1 Å². The first kappa shape index (κ1) is 33.7. The number of halogens is 2. The zero-order chi connectivity index (χ0) is 35.7. The van der Waals surface area contributed by atoms with Crippen LogP contribution in [0.2, 0.25) is 0 Å². The minimum absolute atomic E-state index is 0.142. The molecule has 258 valence electrons. The fourth-order valence-corrected chi connectivity index (χ4v) is 9.18. The fraction of sp³-hybridized carbons (Fsp3) is 0.316. The third kappa shape index (κ3) is 4.68. The molecular formula is C38H34Cl2N2O8. The van der Waals surface area contributed by atoms with Crippen molar-refractivity contribution in [2.45, 2.75) is 28.5 Å². The summed E-state index contributed by atoms with van der Waals surface area (Å²) in [6.07, 6.45) is 5.64. The molecule has 0 spiro atoms. The van der Waals surface area contributed by atoms with Gasteiger partial charge in [-0.1, -0.05) is 48.1 Å². The van der Waals surface area contributed by atoms with Crippen molar-refractivity contribution in [3.8, 4) is 23.0 Å². The van der Waals surface area contributed by atoms with Crippen LogP contribution in [0, 0.1) is 17.8 Å². The summed E-state index contributed by atoms with van der Waals surface area (Å²) in [5.74, 6) is -4.36. The number of imide groups is 2. The lowest BCUT2D eigenvalue weighted by Gasteiger charge is -2.50. The van der Waals surface area contributed by atoms with Crippen LogP contribution in [-0.2, 0) is 19.2 Å². The third-order valence-electron chi connectivity index (χ3n) is 10.6. The molecule has 2 heterocycles. The molecule has 10 nitrogen and oxygen atoms in total. The highest BCUT2D eigenvalue weighted by atomic mass is 35.5. The number of benzene rings is 3. The smallest absolute Gasteiger partial charge is 0.253 e. The average molecular weight is 718 g/mol. The molecule has 3 fully saturated rings. The lowest BCUT2D eigenvalue weighted by atomic mass is 9.56. The van der Waals surface area contributed by atoms with Crippen LogP contribution in [0.25, 0.3) is 12.2 Å². The molecule has 0 aromatic heterocycles. The van der Waals surface area contributed by atoms with E-state index in [1.54, 1.807) is 56.7 Å². The maximum absolute atomic E-state index is 14.4. The fourth-order valence-electron chi connectivity index (χ4n) is 8.17. The minimum Gasteiger partial charge on any atom is -0.504 e. The summed E-state index contributed by atoms with van der Waals surface area (Å²) < 4.78 is 16.1. The standard InChI is InChI=1S/C38H34Cl2N2O8/c1-41-35(46)37(39)19-27-24(31(38(37,40)36(41)47)26-6-5-7-29(50-4)32(26)43)15-16-25-30(27)34(45)42(33(25)44)22-12-9-20(10-13-22)8-11-21-18-23(48-2)14-17-28(21)49-3/h5-15,17-18,25,27,30-31,43H,16,19H2,1-4H3/t25-,27+,30-,31+,37+,38-/m0/s1. The first-order valence-electron chi connectivity index (χ1n) is 16.1. The molecule has 2 aliphatic carbocycles. The van der Waals surface area contributed by atoms with Crippen molar-refractivity contribution in [3.05, 3.63) is 89.0 Å². The maximum Gasteiger partial charge on any atom is 0.253 e. The summed E-state index contributed by atoms with van der Waals surface area (Å²) in [5.41, 5.74) is 2.85. The van der Waals surface area contributed by atoms with Gasteiger partial charge in [0, 0.05) is 24.1 Å². The van der Waals surface area contributed by atoms with Crippen molar-refractivity contribution in [2.24, 2.45) is 17.8 Å². The third-order valence-corrected chi connectivity index (χ3v) is 12.0. The van der Waals surface area contributed by atoms with Crippen LogP contribution in [0.4, 0.5) is 5.69 Å². The lowest BCUT2D eigenvalue weighted by Crippen LogP contribution is -2.60. The Balaban J connectivity index is 1.24. The van der Waals surface area contributed by atoms with Gasteiger partial charge in [0.1, 0.15) is 11.5 Å². The van der Waals surface area contributed by atoms with Gasteiger partial charge in [0.2, 0.25) is 11.8 Å². The zero-order valence-corrected chi connectivity index (χ0v) is 29.2. The first-order valence-corrected chi connectivity index (χ1v) is 16.8. The van der Waals surface area contributed by atoms with Crippen LogP contribution >= 0.6 is 23.2 Å². The lowest BCUT2D eigenvalue weighted by molar-refractivity contribution is -0.138. The molecule has 12 heteroatoms. The number of alkyl halides is 2. The second-order valence-corrected chi connectivity index (χ2v) is 14.2. The van der Waals surface area contributed by atoms with E-state index in [9.17, 15) is 24.3 Å². The molecular weight excluding hydrogens is 683 g/mol. The number of phenols is 1. The Morgan fingerprint density at radius 2 is 1.56 bits per heavy atom. The largest absolute Gasteiger partial charge is 0.504 e. The number of rotatable bonds is 7. The van der Waals surface area contributed by atoms with Gasteiger partial charge in [-0.25, -0.2) is 0 Å². The van der Waals surface area contributed by atoms with Crippen molar-refractivity contribution < 1.29 is 38.5 Å². The van der Waals surface area contributed by atoms with E-state index in [1.807, 2.05) is 36.4 Å². The molecule has 0 radical (unpaired) electrons. The molecule has 0 unspecified atom stereocenters. The van der Waals surface area contributed by atoms with Crippen molar-refractivity contribution in [2.75, 3.05) is 33.3 Å². The highest BCUT2D eigenvalue weighted by Gasteiger charge is 2.76. The van der Waals surface area contributed by atoms with Gasteiger partial charge in [0.25, 0.3) is 11.8 Å². The van der Waals surface area contributed by atoms with E-state index >= 15 is 0 Å². The Morgan fingerprint density at radius 3 is 2.24 bits per heavy atom. The summed E-state index contributed by atoms with van der Waals surface area (Å²) in [4.78, 5) is 54.0. The number of hydrogen-bond acceptors (Lipinski definition) is 8. The van der Waals surface area contributed by atoms with Crippen molar-refractivity contribution in [1.82, 2.24) is 4.90 Å². The Hall–Kier alpha value is -4.80. The van der Waals surface area contributed by atoms with Gasteiger partial charge in [0.15, 0.2) is 21.2 Å².